The number of nitrogens with zero attached hydrogens (tertiary/aromatic N) is 3. The molecule has 1 atom stereocenters. The summed E-state index contributed by atoms with van der Waals surface area (Å²) in [5.74, 6) is 0.709. The van der Waals surface area contributed by atoms with Gasteiger partial charge in [0, 0.05) is 31.4 Å². The lowest BCUT2D eigenvalue weighted by Gasteiger charge is -2.50. The number of aryl methyl sites for hydroxylation is 1. The minimum atomic E-state index is 0.512. The first-order valence-electron chi connectivity index (χ1n) is 11.1. The summed E-state index contributed by atoms with van der Waals surface area (Å²) in [5.41, 5.74) is 4.42. The molecule has 1 aliphatic carbocycles. The number of hydrogen-bond acceptors (Lipinski definition) is 3. The zero-order chi connectivity index (χ0) is 19.0. The van der Waals surface area contributed by atoms with Crippen LogP contribution in [0.2, 0.25) is 0 Å². The van der Waals surface area contributed by atoms with Crippen molar-refractivity contribution in [2.75, 3.05) is 26.2 Å². The Kier molecular flexibility index (Phi) is 4.98. The maximum atomic E-state index is 4.72. The molecule has 3 heterocycles. The van der Waals surface area contributed by atoms with Crippen molar-refractivity contribution in [1.29, 1.82) is 0 Å². The molecular weight excluding hydrogens is 342 g/mol. The molecule has 0 N–H and O–H groups in total. The largest absolute Gasteiger partial charge is 0.299 e. The highest BCUT2D eigenvalue weighted by atomic mass is 15.2. The van der Waals surface area contributed by atoms with Crippen molar-refractivity contribution in [3.63, 3.8) is 0 Å². The van der Waals surface area contributed by atoms with Crippen molar-refractivity contribution in [2.24, 2.45) is 5.41 Å². The summed E-state index contributed by atoms with van der Waals surface area (Å²) in [5, 5.41) is 0. The second kappa shape index (κ2) is 7.61. The Morgan fingerprint density at radius 2 is 1.79 bits per heavy atom. The minimum Gasteiger partial charge on any atom is -0.299 e. The van der Waals surface area contributed by atoms with Gasteiger partial charge in [-0.25, -0.2) is 0 Å². The molecule has 2 aliphatic heterocycles. The van der Waals surface area contributed by atoms with Crippen molar-refractivity contribution >= 4 is 0 Å². The molecule has 0 amide bonds. The summed E-state index contributed by atoms with van der Waals surface area (Å²) in [4.78, 5) is 10.2. The van der Waals surface area contributed by atoms with Gasteiger partial charge in [0.15, 0.2) is 0 Å². The van der Waals surface area contributed by atoms with Crippen LogP contribution in [0.1, 0.15) is 55.0 Å². The van der Waals surface area contributed by atoms with Crippen LogP contribution in [0, 0.1) is 12.3 Å². The quantitative estimate of drug-likeness (QED) is 0.777. The highest BCUT2D eigenvalue weighted by Crippen LogP contribution is 2.47. The molecule has 1 unspecified atom stereocenters. The summed E-state index contributed by atoms with van der Waals surface area (Å²) >= 11 is 0. The Morgan fingerprint density at radius 3 is 2.50 bits per heavy atom. The summed E-state index contributed by atoms with van der Waals surface area (Å²) in [7, 11) is 0. The van der Waals surface area contributed by atoms with Crippen molar-refractivity contribution in [3.8, 4) is 0 Å². The molecule has 2 saturated heterocycles. The van der Waals surface area contributed by atoms with Gasteiger partial charge in [-0.3, -0.25) is 14.8 Å². The van der Waals surface area contributed by atoms with Crippen LogP contribution in [-0.2, 0) is 6.54 Å². The molecule has 1 saturated carbocycles. The molecule has 148 valence electrons. The number of hydrogen-bond donors (Lipinski definition) is 0. The van der Waals surface area contributed by atoms with Crippen LogP contribution in [0.3, 0.4) is 0 Å². The number of likely N-dealkylation sites (tertiary alicyclic amines) is 2. The van der Waals surface area contributed by atoms with Gasteiger partial charge >= 0.3 is 0 Å². The van der Waals surface area contributed by atoms with E-state index < -0.39 is 0 Å². The standard InChI is InChI=1S/C25H33N3/c1-20-6-5-9-23(26-20)18-27-14-12-25(13-15-27)16-22(21-7-3-2-4-8-21)17-28(19-25)24-10-11-24/h2-9,22,24H,10-19H2,1H3. The van der Waals surface area contributed by atoms with E-state index in [0.29, 0.717) is 11.3 Å². The molecule has 3 fully saturated rings. The molecule has 3 nitrogen and oxygen atoms in total. The first-order valence-corrected chi connectivity index (χ1v) is 11.1. The molecular formula is C25H33N3. The van der Waals surface area contributed by atoms with E-state index in [2.05, 4.69) is 65.3 Å². The van der Waals surface area contributed by atoms with Crippen molar-refractivity contribution in [1.82, 2.24) is 14.8 Å². The number of benzene rings is 1. The summed E-state index contributed by atoms with van der Waals surface area (Å²) < 4.78 is 0. The van der Waals surface area contributed by atoms with E-state index in [1.54, 1.807) is 5.56 Å². The maximum Gasteiger partial charge on any atom is 0.0547 e. The molecule has 3 aliphatic rings. The average molecular weight is 376 g/mol. The number of piperidine rings is 2. The fourth-order valence-corrected chi connectivity index (χ4v) is 5.56. The molecule has 5 rings (SSSR count). The van der Waals surface area contributed by atoms with E-state index >= 15 is 0 Å². The highest BCUT2D eigenvalue weighted by molar-refractivity contribution is 5.22. The predicted octanol–water partition coefficient (Wildman–Crippen LogP) is 4.62. The van der Waals surface area contributed by atoms with Crippen LogP contribution in [0.5, 0.6) is 0 Å². The summed E-state index contributed by atoms with van der Waals surface area (Å²) in [6.45, 7) is 8.13. The third-order valence-electron chi connectivity index (χ3n) is 7.26. The van der Waals surface area contributed by atoms with Gasteiger partial charge in [-0.05, 0) is 81.1 Å². The van der Waals surface area contributed by atoms with Gasteiger partial charge in [0.1, 0.15) is 0 Å². The van der Waals surface area contributed by atoms with Gasteiger partial charge in [0.2, 0.25) is 0 Å². The molecule has 0 radical (unpaired) electrons. The first kappa shape index (κ1) is 18.3. The van der Waals surface area contributed by atoms with Crippen molar-refractivity contribution in [3.05, 3.63) is 65.5 Å². The number of aromatic nitrogens is 1. The van der Waals surface area contributed by atoms with Gasteiger partial charge in [0.05, 0.1) is 5.69 Å². The second-order valence-corrected chi connectivity index (χ2v) is 9.52. The van der Waals surface area contributed by atoms with E-state index in [9.17, 15) is 0 Å². The van der Waals surface area contributed by atoms with E-state index in [4.69, 9.17) is 4.98 Å². The lowest BCUT2D eigenvalue weighted by atomic mass is 9.68. The second-order valence-electron chi connectivity index (χ2n) is 9.52. The molecule has 28 heavy (non-hydrogen) atoms. The van der Waals surface area contributed by atoms with Crippen molar-refractivity contribution < 1.29 is 0 Å². The summed E-state index contributed by atoms with van der Waals surface area (Å²) in [6.07, 6.45) is 6.89. The zero-order valence-electron chi connectivity index (χ0n) is 17.2. The van der Waals surface area contributed by atoms with Crippen LogP contribution in [0.15, 0.2) is 48.5 Å². The fourth-order valence-electron chi connectivity index (χ4n) is 5.56. The van der Waals surface area contributed by atoms with Gasteiger partial charge in [-0.2, -0.15) is 0 Å². The SMILES string of the molecule is Cc1cccc(CN2CCC3(CC2)CC(c2ccccc2)CN(C2CC2)C3)n1. The van der Waals surface area contributed by atoms with E-state index in [0.717, 1.165) is 18.3 Å². The Balaban J connectivity index is 1.28. The number of pyridine rings is 1. The van der Waals surface area contributed by atoms with Gasteiger partial charge in [-0.15, -0.1) is 0 Å². The fraction of sp³-hybridized carbons (Fsp3) is 0.560. The van der Waals surface area contributed by atoms with Gasteiger partial charge < -0.3 is 0 Å². The van der Waals surface area contributed by atoms with Gasteiger partial charge in [-0.1, -0.05) is 36.4 Å². The summed E-state index contributed by atoms with van der Waals surface area (Å²) in [6, 6.07) is 18.6. The van der Waals surface area contributed by atoms with Crippen LogP contribution in [0.25, 0.3) is 0 Å². The minimum absolute atomic E-state index is 0.512. The third-order valence-corrected chi connectivity index (χ3v) is 7.26. The maximum absolute atomic E-state index is 4.72. The third kappa shape index (κ3) is 4.01. The van der Waals surface area contributed by atoms with E-state index in [1.165, 1.54) is 64.0 Å². The molecule has 3 heteroatoms. The van der Waals surface area contributed by atoms with Crippen LogP contribution in [-0.4, -0.2) is 47.0 Å². The Labute approximate surface area is 169 Å². The Hall–Kier alpha value is -1.71. The van der Waals surface area contributed by atoms with Crippen LogP contribution >= 0.6 is 0 Å². The average Bonchev–Trinajstić information content (AvgIpc) is 3.56. The first-order chi connectivity index (χ1) is 13.7. The van der Waals surface area contributed by atoms with E-state index in [-0.39, 0.29) is 0 Å². The van der Waals surface area contributed by atoms with Crippen LogP contribution in [0.4, 0.5) is 0 Å². The Bertz CT molecular complexity index is 790. The number of rotatable bonds is 4. The normalized spacial score (nSPS) is 25.8. The Morgan fingerprint density at radius 1 is 1.00 bits per heavy atom. The smallest absolute Gasteiger partial charge is 0.0547 e. The topological polar surface area (TPSA) is 19.4 Å². The zero-order valence-corrected chi connectivity index (χ0v) is 17.2. The predicted molar refractivity (Wildman–Crippen MR) is 114 cm³/mol. The van der Waals surface area contributed by atoms with Gasteiger partial charge in [0.25, 0.3) is 0 Å². The molecule has 1 aromatic carbocycles. The van der Waals surface area contributed by atoms with Crippen molar-refractivity contribution in [2.45, 2.75) is 57.5 Å². The van der Waals surface area contributed by atoms with Crippen LogP contribution < -0.4 is 0 Å². The molecule has 1 aromatic heterocycles. The highest BCUT2D eigenvalue weighted by Gasteiger charge is 2.45. The molecule has 0 bridgehead atoms. The molecule has 1 spiro atoms. The monoisotopic (exact) mass is 375 g/mol. The lowest BCUT2D eigenvalue weighted by Crippen LogP contribution is -2.52. The van der Waals surface area contributed by atoms with E-state index in [1.807, 2.05) is 0 Å². The molecule has 2 aromatic rings. The lowest BCUT2D eigenvalue weighted by molar-refractivity contribution is 0.00802.